The molecular formula is C17H22Cl2N4O. The number of carbonyl (C=O) groups is 1. The predicted octanol–water partition coefficient (Wildman–Crippen LogP) is 2.74. The SMILES string of the molecule is Cl.O=C(NCCC1CCNC1)c1cnn(Cc2ccccc2Cl)c1. The summed E-state index contributed by atoms with van der Waals surface area (Å²) in [5.74, 6) is 0.611. The number of nitrogens with zero attached hydrogens (tertiary/aromatic N) is 2. The zero-order valence-corrected chi connectivity index (χ0v) is 14.9. The standard InChI is InChI=1S/C17H21ClN4O.ClH/c18-16-4-2-1-3-14(16)11-22-12-15(10-21-22)17(23)20-8-6-13-5-7-19-9-13;/h1-4,10,12-13,19H,5-9,11H2,(H,20,23);1H. The molecule has 1 aliphatic heterocycles. The zero-order chi connectivity index (χ0) is 16.1. The number of carbonyl (C=O) groups excluding carboxylic acids is 1. The van der Waals surface area contributed by atoms with Gasteiger partial charge in [-0.15, -0.1) is 12.4 Å². The first kappa shape index (κ1) is 18.8. The van der Waals surface area contributed by atoms with Crippen molar-refractivity contribution in [3.8, 4) is 0 Å². The van der Waals surface area contributed by atoms with Gasteiger partial charge in [0.05, 0.1) is 18.3 Å². The Bertz CT molecular complexity index is 668. The zero-order valence-electron chi connectivity index (χ0n) is 13.4. The van der Waals surface area contributed by atoms with Gasteiger partial charge in [0, 0.05) is 17.8 Å². The second kappa shape index (κ2) is 9.06. The molecule has 2 heterocycles. The number of halogens is 2. The van der Waals surface area contributed by atoms with Crippen LogP contribution in [0.2, 0.25) is 5.02 Å². The molecule has 1 atom stereocenters. The van der Waals surface area contributed by atoms with Crippen molar-refractivity contribution in [2.75, 3.05) is 19.6 Å². The van der Waals surface area contributed by atoms with Crippen molar-refractivity contribution >= 4 is 29.9 Å². The second-order valence-electron chi connectivity index (χ2n) is 5.92. The largest absolute Gasteiger partial charge is 0.352 e. The number of hydrogen-bond donors (Lipinski definition) is 2. The number of aromatic nitrogens is 2. The lowest BCUT2D eigenvalue weighted by molar-refractivity contribution is 0.0951. The lowest BCUT2D eigenvalue weighted by atomic mass is 10.1. The molecule has 1 amide bonds. The van der Waals surface area contributed by atoms with Gasteiger partial charge in [-0.2, -0.15) is 5.10 Å². The van der Waals surface area contributed by atoms with Crippen LogP contribution in [0.3, 0.4) is 0 Å². The Morgan fingerprint density at radius 1 is 1.42 bits per heavy atom. The summed E-state index contributed by atoms with van der Waals surface area (Å²) in [4.78, 5) is 12.1. The maximum absolute atomic E-state index is 12.1. The molecule has 2 aromatic rings. The molecule has 3 rings (SSSR count). The third-order valence-corrected chi connectivity index (χ3v) is 4.55. The normalized spacial score (nSPS) is 16.6. The van der Waals surface area contributed by atoms with Crippen LogP contribution < -0.4 is 10.6 Å². The molecule has 0 radical (unpaired) electrons. The minimum Gasteiger partial charge on any atom is -0.352 e. The second-order valence-corrected chi connectivity index (χ2v) is 6.33. The van der Waals surface area contributed by atoms with Crippen LogP contribution in [-0.2, 0) is 6.54 Å². The molecule has 1 aromatic carbocycles. The predicted molar refractivity (Wildman–Crippen MR) is 98.0 cm³/mol. The molecule has 1 unspecified atom stereocenters. The first-order valence-corrected chi connectivity index (χ1v) is 8.35. The van der Waals surface area contributed by atoms with Crippen molar-refractivity contribution in [3.63, 3.8) is 0 Å². The highest BCUT2D eigenvalue weighted by atomic mass is 35.5. The van der Waals surface area contributed by atoms with Gasteiger partial charge in [0.2, 0.25) is 0 Å². The Hall–Kier alpha value is -1.56. The first-order valence-electron chi connectivity index (χ1n) is 7.97. The van der Waals surface area contributed by atoms with Gasteiger partial charge in [-0.3, -0.25) is 9.48 Å². The fourth-order valence-corrected chi connectivity index (χ4v) is 3.02. The van der Waals surface area contributed by atoms with Gasteiger partial charge in [0.25, 0.3) is 5.91 Å². The molecule has 5 nitrogen and oxygen atoms in total. The minimum atomic E-state index is -0.0682. The number of amides is 1. The molecule has 0 bridgehead atoms. The summed E-state index contributed by atoms with van der Waals surface area (Å²) in [5.41, 5.74) is 1.57. The molecule has 0 saturated carbocycles. The van der Waals surface area contributed by atoms with Gasteiger partial charge in [-0.1, -0.05) is 29.8 Å². The lowest BCUT2D eigenvalue weighted by Crippen LogP contribution is -2.26. The molecule has 1 saturated heterocycles. The van der Waals surface area contributed by atoms with E-state index in [0.717, 1.165) is 25.1 Å². The van der Waals surface area contributed by atoms with E-state index < -0.39 is 0 Å². The van der Waals surface area contributed by atoms with Gasteiger partial charge < -0.3 is 10.6 Å². The average molecular weight is 369 g/mol. The Balaban J connectivity index is 0.00000208. The summed E-state index contributed by atoms with van der Waals surface area (Å²) in [6.07, 6.45) is 5.58. The van der Waals surface area contributed by atoms with Crippen LogP contribution in [-0.4, -0.2) is 35.3 Å². The number of nitrogens with one attached hydrogen (secondary N) is 2. The van der Waals surface area contributed by atoms with Crippen LogP contribution in [0.4, 0.5) is 0 Å². The molecule has 2 N–H and O–H groups in total. The van der Waals surface area contributed by atoms with Crippen molar-refractivity contribution in [3.05, 3.63) is 52.8 Å². The highest BCUT2D eigenvalue weighted by Gasteiger charge is 2.15. The van der Waals surface area contributed by atoms with E-state index in [9.17, 15) is 4.79 Å². The minimum absolute atomic E-state index is 0. The van der Waals surface area contributed by atoms with Crippen LogP contribution in [0, 0.1) is 5.92 Å². The monoisotopic (exact) mass is 368 g/mol. The van der Waals surface area contributed by atoms with E-state index in [1.54, 1.807) is 17.1 Å². The fourth-order valence-electron chi connectivity index (χ4n) is 2.82. The highest BCUT2D eigenvalue weighted by Crippen LogP contribution is 2.16. The van der Waals surface area contributed by atoms with Crippen LogP contribution in [0.25, 0.3) is 0 Å². The van der Waals surface area contributed by atoms with Gasteiger partial charge >= 0.3 is 0 Å². The van der Waals surface area contributed by atoms with E-state index >= 15 is 0 Å². The highest BCUT2D eigenvalue weighted by molar-refractivity contribution is 6.31. The van der Waals surface area contributed by atoms with Gasteiger partial charge in [-0.05, 0) is 43.5 Å². The average Bonchev–Trinajstić information content (AvgIpc) is 3.21. The van der Waals surface area contributed by atoms with Crippen LogP contribution in [0.15, 0.2) is 36.7 Å². The number of rotatable bonds is 6. The van der Waals surface area contributed by atoms with Crippen molar-refractivity contribution in [2.45, 2.75) is 19.4 Å². The quantitative estimate of drug-likeness (QED) is 0.823. The number of benzene rings is 1. The molecule has 24 heavy (non-hydrogen) atoms. The van der Waals surface area contributed by atoms with E-state index in [2.05, 4.69) is 15.7 Å². The molecule has 0 aliphatic carbocycles. The maximum Gasteiger partial charge on any atom is 0.254 e. The summed E-state index contributed by atoms with van der Waals surface area (Å²) in [7, 11) is 0. The maximum atomic E-state index is 12.1. The molecule has 1 aliphatic rings. The third kappa shape index (κ3) is 4.97. The first-order chi connectivity index (χ1) is 11.2. The molecule has 1 aromatic heterocycles. The summed E-state index contributed by atoms with van der Waals surface area (Å²) in [6.45, 7) is 3.42. The Morgan fingerprint density at radius 2 is 2.25 bits per heavy atom. The van der Waals surface area contributed by atoms with Crippen LogP contribution in [0.5, 0.6) is 0 Å². The van der Waals surface area contributed by atoms with E-state index in [4.69, 9.17) is 11.6 Å². The van der Waals surface area contributed by atoms with Crippen molar-refractivity contribution in [1.82, 2.24) is 20.4 Å². The van der Waals surface area contributed by atoms with E-state index in [1.807, 2.05) is 24.3 Å². The molecule has 1 fully saturated rings. The fraction of sp³-hybridized carbons (Fsp3) is 0.412. The lowest BCUT2D eigenvalue weighted by Gasteiger charge is -2.08. The van der Waals surface area contributed by atoms with E-state index in [1.165, 1.54) is 6.42 Å². The van der Waals surface area contributed by atoms with Crippen LogP contribution in [0.1, 0.15) is 28.8 Å². The Labute approximate surface area is 153 Å². The summed E-state index contributed by atoms with van der Waals surface area (Å²) >= 11 is 6.15. The third-order valence-electron chi connectivity index (χ3n) is 4.19. The van der Waals surface area contributed by atoms with Crippen LogP contribution >= 0.6 is 24.0 Å². The Morgan fingerprint density at radius 3 is 3.00 bits per heavy atom. The smallest absolute Gasteiger partial charge is 0.254 e. The van der Waals surface area contributed by atoms with E-state index in [-0.39, 0.29) is 18.3 Å². The summed E-state index contributed by atoms with van der Waals surface area (Å²) in [6, 6.07) is 7.65. The van der Waals surface area contributed by atoms with Gasteiger partial charge in [0.15, 0.2) is 0 Å². The molecule has 130 valence electrons. The topological polar surface area (TPSA) is 59.0 Å². The Kier molecular flexibility index (Phi) is 7.09. The van der Waals surface area contributed by atoms with Crippen molar-refractivity contribution in [2.24, 2.45) is 5.92 Å². The summed E-state index contributed by atoms with van der Waals surface area (Å²) in [5, 5.41) is 11.3. The van der Waals surface area contributed by atoms with Crippen molar-refractivity contribution < 1.29 is 4.79 Å². The summed E-state index contributed by atoms with van der Waals surface area (Å²) < 4.78 is 1.73. The van der Waals surface area contributed by atoms with Gasteiger partial charge in [0.1, 0.15) is 0 Å². The van der Waals surface area contributed by atoms with E-state index in [0.29, 0.717) is 29.6 Å². The van der Waals surface area contributed by atoms with Crippen molar-refractivity contribution in [1.29, 1.82) is 0 Å². The van der Waals surface area contributed by atoms with Gasteiger partial charge in [-0.25, -0.2) is 0 Å². The molecular weight excluding hydrogens is 347 g/mol. The molecule has 0 spiro atoms. The molecule has 7 heteroatoms. The number of hydrogen-bond acceptors (Lipinski definition) is 3.